The number of anilines is 2. The first-order valence-corrected chi connectivity index (χ1v) is 7.69. The minimum absolute atomic E-state index is 0.110. The molecule has 0 bridgehead atoms. The number of benzene rings is 2. The number of carbonyl (C=O) groups is 1. The fourth-order valence-corrected chi connectivity index (χ4v) is 2.30. The molecule has 21 heavy (non-hydrogen) atoms. The predicted molar refractivity (Wildman–Crippen MR) is 92.2 cm³/mol. The van der Waals surface area contributed by atoms with E-state index in [1.807, 2.05) is 44.2 Å². The lowest BCUT2D eigenvalue weighted by molar-refractivity contribution is -0.114. The summed E-state index contributed by atoms with van der Waals surface area (Å²) in [6.45, 7) is 4.08. The second-order valence-corrected chi connectivity index (χ2v) is 6.04. The van der Waals surface area contributed by atoms with Crippen molar-refractivity contribution in [1.29, 1.82) is 0 Å². The molecule has 0 radical (unpaired) electrons. The minimum atomic E-state index is -0.110. The number of nitrogens with one attached hydrogen (secondary N) is 2. The smallest absolute Gasteiger partial charge is 0.243 e. The number of carbonyl (C=O) groups excluding carboxylic acids is 1. The van der Waals surface area contributed by atoms with Gasteiger partial charge >= 0.3 is 0 Å². The van der Waals surface area contributed by atoms with Gasteiger partial charge in [0, 0.05) is 20.9 Å². The van der Waals surface area contributed by atoms with Gasteiger partial charge in [0.25, 0.3) is 0 Å². The van der Waals surface area contributed by atoms with Crippen LogP contribution >= 0.6 is 27.5 Å². The highest BCUT2D eigenvalue weighted by Gasteiger charge is 2.07. The fourth-order valence-electron chi connectivity index (χ4n) is 1.87. The molecule has 1 amide bonds. The van der Waals surface area contributed by atoms with Crippen LogP contribution in [-0.4, -0.2) is 12.5 Å². The first-order chi connectivity index (χ1) is 9.97. The second kappa shape index (κ2) is 6.96. The fraction of sp³-hybridized carbons (Fsp3) is 0.188. The van der Waals surface area contributed by atoms with Gasteiger partial charge < -0.3 is 10.6 Å². The van der Waals surface area contributed by atoms with Gasteiger partial charge in [0.05, 0.1) is 6.54 Å². The Morgan fingerprint density at radius 2 is 2.00 bits per heavy atom. The minimum Gasteiger partial charge on any atom is -0.376 e. The van der Waals surface area contributed by atoms with E-state index >= 15 is 0 Å². The first kappa shape index (κ1) is 15.9. The van der Waals surface area contributed by atoms with E-state index in [2.05, 4.69) is 26.6 Å². The second-order valence-electron chi connectivity index (χ2n) is 4.78. The van der Waals surface area contributed by atoms with Crippen LogP contribution < -0.4 is 10.6 Å². The number of halogens is 2. The zero-order chi connectivity index (χ0) is 15.4. The summed E-state index contributed by atoms with van der Waals surface area (Å²) in [6, 6.07) is 11.3. The molecule has 110 valence electrons. The Morgan fingerprint density at radius 3 is 2.71 bits per heavy atom. The highest BCUT2D eigenvalue weighted by molar-refractivity contribution is 9.10. The molecule has 0 spiro atoms. The van der Waals surface area contributed by atoms with Crippen LogP contribution in [0.5, 0.6) is 0 Å². The molecular weight excluding hydrogens is 352 g/mol. The highest BCUT2D eigenvalue weighted by Crippen LogP contribution is 2.23. The lowest BCUT2D eigenvalue weighted by Gasteiger charge is -2.11. The first-order valence-electron chi connectivity index (χ1n) is 6.52. The molecule has 2 aromatic carbocycles. The monoisotopic (exact) mass is 366 g/mol. The van der Waals surface area contributed by atoms with Crippen LogP contribution in [0.25, 0.3) is 0 Å². The van der Waals surface area contributed by atoms with Gasteiger partial charge in [-0.2, -0.15) is 0 Å². The summed E-state index contributed by atoms with van der Waals surface area (Å²) >= 11 is 9.48. The van der Waals surface area contributed by atoms with Crippen LogP contribution in [0.2, 0.25) is 5.02 Å². The van der Waals surface area contributed by atoms with Gasteiger partial charge in [-0.25, -0.2) is 0 Å². The molecule has 2 rings (SSSR count). The van der Waals surface area contributed by atoms with Crippen LogP contribution in [0.15, 0.2) is 40.9 Å². The lowest BCUT2D eigenvalue weighted by Crippen LogP contribution is -2.22. The maximum Gasteiger partial charge on any atom is 0.243 e. The van der Waals surface area contributed by atoms with E-state index in [1.54, 1.807) is 6.07 Å². The number of hydrogen-bond donors (Lipinski definition) is 2. The molecule has 0 unspecified atom stereocenters. The highest BCUT2D eigenvalue weighted by atomic mass is 79.9. The Balaban J connectivity index is 1.96. The van der Waals surface area contributed by atoms with Crippen molar-refractivity contribution < 1.29 is 4.79 Å². The molecule has 0 aromatic heterocycles. The van der Waals surface area contributed by atoms with E-state index in [9.17, 15) is 4.79 Å². The number of amides is 1. The number of hydrogen-bond acceptors (Lipinski definition) is 2. The Morgan fingerprint density at radius 1 is 1.24 bits per heavy atom. The zero-order valence-corrected chi connectivity index (χ0v) is 14.2. The van der Waals surface area contributed by atoms with Crippen LogP contribution in [0.4, 0.5) is 11.4 Å². The molecule has 0 aliphatic heterocycles. The van der Waals surface area contributed by atoms with E-state index in [0.717, 1.165) is 27.0 Å². The van der Waals surface area contributed by atoms with Crippen molar-refractivity contribution in [2.75, 3.05) is 17.2 Å². The van der Waals surface area contributed by atoms with E-state index in [1.165, 1.54) is 0 Å². The average Bonchev–Trinajstić information content (AvgIpc) is 2.45. The summed E-state index contributed by atoms with van der Waals surface area (Å²) in [4.78, 5) is 12.0. The molecule has 0 aliphatic rings. The van der Waals surface area contributed by atoms with Crippen LogP contribution in [0.1, 0.15) is 11.1 Å². The van der Waals surface area contributed by atoms with Crippen molar-refractivity contribution in [3.63, 3.8) is 0 Å². The van der Waals surface area contributed by atoms with Crippen LogP contribution in [-0.2, 0) is 4.79 Å². The topological polar surface area (TPSA) is 41.1 Å². The summed E-state index contributed by atoms with van der Waals surface area (Å²) in [6.07, 6.45) is 0. The van der Waals surface area contributed by atoms with Crippen LogP contribution in [0.3, 0.4) is 0 Å². The van der Waals surface area contributed by atoms with Gasteiger partial charge in [-0.05, 0) is 55.3 Å². The SMILES string of the molecule is Cc1cc(NCC(=O)Nc2cccc(Cl)c2C)ccc1Br. The van der Waals surface area contributed by atoms with Gasteiger partial charge in [0.15, 0.2) is 0 Å². The third-order valence-electron chi connectivity index (χ3n) is 3.15. The standard InChI is InChI=1S/C16H16BrClN2O/c1-10-8-12(6-7-13(10)17)19-9-16(21)20-15-5-3-4-14(18)11(15)2/h3-8,19H,9H2,1-2H3,(H,20,21). The zero-order valence-electron chi connectivity index (χ0n) is 11.8. The molecule has 0 saturated heterocycles. The molecule has 0 fully saturated rings. The molecule has 3 nitrogen and oxygen atoms in total. The molecule has 0 atom stereocenters. The summed E-state index contributed by atoms with van der Waals surface area (Å²) in [5.74, 6) is -0.110. The summed E-state index contributed by atoms with van der Waals surface area (Å²) in [7, 11) is 0. The molecule has 0 aliphatic carbocycles. The Hall–Kier alpha value is -1.52. The van der Waals surface area contributed by atoms with Crippen molar-refractivity contribution in [3.05, 3.63) is 57.0 Å². The third-order valence-corrected chi connectivity index (χ3v) is 4.45. The molecule has 2 aromatic rings. The number of aryl methyl sites for hydroxylation is 1. The van der Waals surface area contributed by atoms with Crippen molar-refractivity contribution in [2.45, 2.75) is 13.8 Å². The van der Waals surface area contributed by atoms with Crippen molar-refractivity contribution in [1.82, 2.24) is 0 Å². The van der Waals surface area contributed by atoms with Crippen molar-refractivity contribution >= 4 is 44.8 Å². The summed E-state index contributed by atoms with van der Waals surface area (Å²) < 4.78 is 1.05. The molecular formula is C16H16BrClN2O. The molecule has 0 heterocycles. The quantitative estimate of drug-likeness (QED) is 0.817. The van der Waals surface area contributed by atoms with Gasteiger partial charge in [0.2, 0.25) is 5.91 Å². The summed E-state index contributed by atoms with van der Waals surface area (Å²) in [5, 5.41) is 6.60. The van der Waals surface area contributed by atoms with E-state index in [0.29, 0.717) is 5.02 Å². The van der Waals surface area contributed by atoms with Gasteiger partial charge in [0.1, 0.15) is 0 Å². The van der Waals surface area contributed by atoms with Crippen molar-refractivity contribution in [2.24, 2.45) is 0 Å². The molecule has 0 saturated carbocycles. The number of rotatable bonds is 4. The van der Waals surface area contributed by atoms with Gasteiger partial charge in [-0.1, -0.05) is 33.6 Å². The summed E-state index contributed by atoms with van der Waals surface area (Å²) in [5.41, 5.74) is 3.63. The average molecular weight is 368 g/mol. The van der Waals surface area contributed by atoms with Crippen LogP contribution in [0, 0.1) is 13.8 Å². The van der Waals surface area contributed by atoms with Gasteiger partial charge in [-0.3, -0.25) is 4.79 Å². The largest absolute Gasteiger partial charge is 0.376 e. The molecule has 5 heteroatoms. The van der Waals surface area contributed by atoms with Crippen molar-refractivity contribution in [3.8, 4) is 0 Å². The van der Waals surface area contributed by atoms with E-state index in [4.69, 9.17) is 11.6 Å². The maximum absolute atomic E-state index is 12.0. The molecule has 2 N–H and O–H groups in total. The normalized spacial score (nSPS) is 10.3. The Kier molecular flexibility index (Phi) is 5.26. The maximum atomic E-state index is 12.0. The van der Waals surface area contributed by atoms with E-state index in [-0.39, 0.29) is 12.5 Å². The lowest BCUT2D eigenvalue weighted by atomic mass is 10.2. The Labute approximate surface area is 137 Å². The third kappa shape index (κ3) is 4.22. The predicted octanol–water partition coefficient (Wildman–Crippen LogP) is 4.77. The Bertz CT molecular complexity index is 673. The van der Waals surface area contributed by atoms with E-state index < -0.39 is 0 Å². The van der Waals surface area contributed by atoms with Gasteiger partial charge in [-0.15, -0.1) is 0 Å².